The van der Waals surface area contributed by atoms with Gasteiger partial charge in [0, 0.05) is 43.9 Å². The largest absolute Gasteiger partial charge is 0.375 e. The van der Waals surface area contributed by atoms with Crippen molar-refractivity contribution in [3.8, 4) is 0 Å². The topological polar surface area (TPSA) is 105 Å². The maximum absolute atomic E-state index is 12.1. The fraction of sp³-hybridized carbons (Fsp3) is 0.300. The third-order valence-corrected chi connectivity index (χ3v) is 3.97. The first kappa shape index (κ1) is 20.9. The fourth-order valence-corrected chi connectivity index (χ4v) is 2.54. The van der Waals surface area contributed by atoms with E-state index >= 15 is 0 Å². The number of nitrogens with zero attached hydrogens (tertiary/aromatic N) is 2. The summed E-state index contributed by atoms with van der Waals surface area (Å²) in [5, 5.41) is 17.1. The van der Waals surface area contributed by atoms with Gasteiger partial charge in [-0.3, -0.25) is 19.7 Å². The van der Waals surface area contributed by atoms with Crippen LogP contribution in [0.4, 0.5) is 11.4 Å². The molecule has 0 saturated heterocycles. The summed E-state index contributed by atoms with van der Waals surface area (Å²) < 4.78 is 0. The minimum absolute atomic E-state index is 0.0632. The number of benzene rings is 2. The Kier molecular flexibility index (Phi) is 6.70. The van der Waals surface area contributed by atoms with Gasteiger partial charge in [-0.1, -0.05) is 12.1 Å². The first-order valence-electron chi connectivity index (χ1n) is 8.82. The zero-order chi connectivity index (χ0) is 20.8. The molecule has 2 aromatic carbocycles. The van der Waals surface area contributed by atoms with Gasteiger partial charge in [-0.25, -0.2) is 0 Å². The summed E-state index contributed by atoms with van der Waals surface area (Å²) in [4.78, 5) is 36.4. The average molecular weight is 384 g/mol. The molecule has 0 aliphatic heterocycles. The van der Waals surface area contributed by atoms with Gasteiger partial charge in [-0.2, -0.15) is 0 Å². The second kappa shape index (κ2) is 8.98. The molecule has 0 fully saturated rings. The smallest absolute Gasteiger partial charge is 0.293 e. The maximum Gasteiger partial charge on any atom is 0.293 e. The number of nitro benzene ring substituents is 1. The van der Waals surface area contributed by atoms with Gasteiger partial charge in [0.15, 0.2) is 0 Å². The lowest BCUT2D eigenvalue weighted by atomic mass is 10.1. The molecule has 0 aliphatic carbocycles. The number of rotatable bonds is 7. The summed E-state index contributed by atoms with van der Waals surface area (Å²) in [7, 11) is 3.37. The molecule has 8 nitrogen and oxygen atoms in total. The van der Waals surface area contributed by atoms with Crippen molar-refractivity contribution < 1.29 is 14.5 Å². The Balaban J connectivity index is 2.14. The molecule has 8 heteroatoms. The van der Waals surface area contributed by atoms with Crippen LogP contribution in [0.25, 0.3) is 0 Å². The molecule has 0 saturated carbocycles. The third-order valence-electron chi connectivity index (χ3n) is 3.97. The number of hydrogen-bond donors (Lipinski definition) is 2. The van der Waals surface area contributed by atoms with Crippen LogP contribution in [0.3, 0.4) is 0 Å². The Bertz CT molecular complexity index is 876. The Morgan fingerprint density at radius 3 is 2.21 bits per heavy atom. The highest BCUT2D eigenvalue weighted by Crippen LogP contribution is 2.26. The molecule has 0 aliphatic rings. The van der Waals surface area contributed by atoms with Crippen LogP contribution in [0.1, 0.15) is 40.1 Å². The van der Waals surface area contributed by atoms with Gasteiger partial charge in [0.2, 0.25) is 0 Å². The summed E-state index contributed by atoms with van der Waals surface area (Å²) in [5.41, 5.74) is 1.82. The molecule has 0 spiro atoms. The summed E-state index contributed by atoms with van der Waals surface area (Å²) in [6.45, 7) is 3.98. The lowest BCUT2D eigenvalue weighted by Gasteiger charge is -2.12. The van der Waals surface area contributed by atoms with Crippen LogP contribution < -0.4 is 10.6 Å². The molecule has 148 valence electrons. The van der Waals surface area contributed by atoms with Crippen LogP contribution in [0.5, 0.6) is 0 Å². The Labute approximate surface area is 163 Å². The molecule has 0 atom stereocenters. The summed E-state index contributed by atoms with van der Waals surface area (Å²) in [5.74, 6) is -0.448. The lowest BCUT2D eigenvalue weighted by molar-refractivity contribution is -0.384. The van der Waals surface area contributed by atoms with Crippen molar-refractivity contribution in [3.05, 3.63) is 69.3 Å². The van der Waals surface area contributed by atoms with Crippen LogP contribution in [0.2, 0.25) is 0 Å². The van der Waals surface area contributed by atoms with Crippen LogP contribution in [0.15, 0.2) is 42.5 Å². The van der Waals surface area contributed by atoms with Crippen molar-refractivity contribution in [1.82, 2.24) is 10.2 Å². The number of carbonyl (C=O) groups excluding carboxylic acids is 2. The van der Waals surface area contributed by atoms with Crippen molar-refractivity contribution in [3.63, 3.8) is 0 Å². The van der Waals surface area contributed by atoms with E-state index in [1.54, 1.807) is 44.4 Å². The Hall–Kier alpha value is -3.42. The van der Waals surface area contributed by atoms with E-state index in [2.05, 4.69) is 10.6 Å². The van der Waals surface area contributed by atoms with Crippen LogP contribution in [-0.4, -0.2) is 41.8 Å². The Morgan fingerprint density at radius 2 is 1.68 bits per heavy atom. The quantitative estimate of drug-likeness (QED) is 0.564. The summed E-state index contributed by atoms with van der Waals surface area (Å²) in [6.07, 6.45) is 0. The van der Waals surface area contributed by atoms with Gasteiger partial charge in [0.25, 0.3) is 17.5 Å². The number of hydrogen-bond acceptors (Lipinski definition) is 5. The predicted octanol–water partition coefficient (Wildman–Crippen LogP) is 3.05. The highest BCUT2D eigenvalue weighted by Gasteiger charge is 2.18. The first-order chi connectivity index (χ1) is 13.2. The monoisotopic (exact) mass is 384 g/mol. The van der Waals surface area contributed by atoms with Crippen molar-refractivity contribution in [2.75, 3.05) is 19.4 Å². The van der Waals surface area contributed by atoms with E-state index in [0.29, 0.717) is 17.8 Å². The lowest BCUT2D eigenvalue weighted by Crippen LogP contribution is -2.30. The molecule has 2 amide bonds. The van der Waals surface area contributed by atoms with E-state index in [-0.39, 0.29) is 29.1 Å². The number of anilines is 1. The molecular formula is C20H24N4O4. The molecule has 2 N–H and O–H groups in total. The average Bonchev–Trinajstić information content (AvgIpc) is 2.65. The van der Waals surface area contributed by atoms with Crippen molar-refractivity contribution in [1.29, 1.82) is 0 Å². The van der Waals surface area contributed by atoms with Gasteiger partial charge in [-0.05, 0) is 43.7 Å². The number of amides is 2. The number of nitro groups is 1. The van der Waals surface area contributed by atoms with Gasteiger partial charge in [-0.15, -0.1) is 0 Å². The normalized spacial score (nSPS) is 10.5. The van der Waals surface area contributed by atoms with E-state index < -0.39 is 4.92 Å². The molecule has 2 aromatic rings. The van der Waals surface area contributed by atoms with Crippen LogP contribution >= 0.6 is 0 Å². The standard InChI is InChI=1S/C20H24N4O4/c1-13(2)22-19(25)16-9-10-17(18(11-16)24(27)28)21-12-14-5-7-15(8-6-14)20(26)23(3)4/h5-11,13,21H,12H2,1-4H3,(H,22,25). The van der Waals surface area contributed by atoms with E-state index in [4.69, 9.17) is 0 Å². The van der Waals surface area contributed by atoms with E-state index in [0.717, 1.165) is 5.56 Å². The zero-order valence-corrected chi connectivity index (χ0v) is 16.4. The summed E-state index contributed by atoms with van der Waals surface area (Å²) in [6, 6.07) is 11.3. The second-order valence-corrected chi connectivity index (χ2v) is 6.87. The molecule has 2 rings (SSSR count). The third kappa shape index (κ3) is 5.29. The molecule has 28 heavy (non-hydrogen) atoms. The number of carbonyl (C=O) groups is 2. The van der Waals surface area contributed by atoms with E-state index in [1.807, 2.05) is 13.8 Å². The highest BCUT2D eigenvalue weighted by molar-refractivity contribution is 5.96. The molecular weight excluding hydrogens is 360 g/mol. The molecule has 0 radical (unpaired) electrons. The van der Waals surface area contributed by atoms with Crippen LogP contribution in [0, 0.1) is 10.1 Å². The van der Waals surface area contributed by atoms with E-state index in [9.17, 15) is 19.7 Å². The van der Waals surface area contributed by atoms with Gasteiger partial charge in [0.05, 0.1) is 4.92 Å². The zero-order valence-electron chi connectivity index (χ0n) is 16.4. The maximum atomic E-state index is 12.1. The molecule has 0 aromatic heterocycles. The van der Waals surface area contributed by atoms with Crippen LogP contribution in [-0.2, 0) is 6.54 Å². The first-order valence-corrected chi connectivity index (χ1v) is 8.82. The summed E-state index contributed by atoms with van der Waals surface area (Å²) >= 11 is 0. The van der Waals surface area contributed by atoms with Crippen molar-refractivity contribution >= 4 is 23.2 Å². The van der Waals surface area contributed by atoms with Gasteiger partial charge in [0.1, 0.15) is 5.69 Å². The van der Waals surface area contributed by atoms with Crippen molar-refractivity contribution in [2.45, 2.75) is 26.4 Å². The minimum atomic E-state index is -0.520. The molecule has 0 heterocycles. The highest BCUT2D eigenvalue weighted by atomic mass is 16.6. The number of nitrogens with one attached hydrogen (secondary N) is 2. The molecule has 0 bridgehead atoms. The van der Waals surface area contributed by atoms with Gasteiger partial charge < -0.3 is 15.5 Å². The second-order valence-electron chi connectivity index (χ2n) is 6.87. The van der Waals surface area contributed by atoms with Crippen molar-refractivity contribution in [2.24, 2.45) is 0 Å². The fourth-order valence-electron chi connectivity index (χ4n) is 2.54. The SMILES string of the molecule is CC(C)NC(=O)c1ccc(NCc2ccc(C(=O)N(C)C)cc2)c([N+](=O)[O-])c1. The Morgan fingerprint density at radius 1 is 1.07 bits per heavy atom. The van der Waals surface area contributed by atoms with E-state index in [1.165, 1.54) is 17.0 Å². The van der Waals surface area contributed by atoms with Gasteiger partial charge >= 0.3 is 0 Å². The minimum Gasteiger partial charge on any atom is -0.375 e. The molecule has 0 unspecified atom stereocenters. The predicted molar refractivity (Wildman–Crippen MR) is 107 cm³/mol.